The molecule has 0 saturated heterocycles. The lowest BCUT2D eigenvalue weighted by Crippen LogP contribution is -2.36. The second-order valence-corrected chi connectivity index (χ2v) is 6.02. The zero-order valence-electron chi connectivity index (χ0n) is 15.0. The fraction of sp³-hybridized carbons (Fsp3) is 0.667. The number of hydrogen-bond donors (Lipinski definition) is 2. The highest BCUT2D eigenvalue weighted by Gasteiger charge is 2.13. The molecule has 0 fully saturated rings. The van der Waals surface area contributed by atoms with E-state index in [0.29, 0.717) is 19.4 Å². The van der Waals surface area contributed by atoms with Crippen molar-refractivity contribution in [2.45, 2.75) is 53.4 Å². The number of carbonyl (C=O) groups excluding carboxylic acids is 2. The molecule has 0 aliphatic rings. The number of carbonyl (C=O) groups is 2. The van der Waals surface area contributed by atoms with Gasteiger partial charge in [0.15, 0.2) is 0 Å². The monoisotopic (exact) mass is 321 g/mol. The topological polar surface area (TPSA) is 65.2 Å². The van der Waals surface area contributed by atoms with Crippen LogP contribution in [-0.2, 0) is 22.4 Å². The van der Waals surface area contributed by atoms with Crippen molar-refractivity contribution >= 4 is 12.2 Å². The van der Waals surface area contributed by atoms with Crippen LogP contribution in [0.1, 0.15) is 49.2 Å². The summed E-state index contributed by atoms with van der Waals surface area (Å²) in [7, 11) is 0. The minimum absolute atomic E-state index is 0.0264. The molecule has 0 aromatic carbocycles. The molecule has 0 unspecified atom stereocenters. The van der Waals surface area contributed by atoms with Gasteiger partial charge in [-0.3, -0.25) is 4.79 Å². The van der Waals surface area contributed by atoms with Gasteiger partial charge in [-0.05, 0) is 44.5 Å². The third-order valence-electron chi connectivity index (χ3n) is 4.42. The van der Waals surface area contributed by atoms with E-state index in [1.807, 2.05) is 13.8 Å². The summed E-state index contributed by atoms with van der Waals surface area (Å²) >= 11 is 0. The fourth-order valence-corrected chi connectivity index (χ4v) is 2.67. The Morgan fingerprint density at radius 1 is 1.17 bits per heavy atom. The van der Waals surface area contributed by atoms with Gasteiger partial charge in [-0.15, -0.1) is 0 Å². The summed E-state index contributed by atoms with van der Waals surface area (Å²) in [6.07, 6.45) is 3.99. The Balaban J connectivity index is 2.45. The molecule has 0 aliphatic heterocycles. The number of hydrogen-bond acceptors (Lipinski definition) is 3. The first-order chi connectivity index (χ1) is 11.0. The Labute approximate surface area is 139 Å². The molecule has 0 radical (unpaired) electrons. The van der Waals surface area contributed by atoms with Crippen LogP contribution >= 0.6 is 0 Å². The zero-order valence-corrected chi connectivity index (χ0v) is 15.0. The lowest BCUT2D eigenvalue weighted by Gasteiger charge is -2.20. The Morgan fingerprint density at radius 3 is 2.48 bits per heavy atom. The molecule has 1 amide bonds. The van der Waals surface area contributed by atoms with E-state index in [1.54, 1.807) is 0 Å². The minimum atomic E-state index is 0.0264. The number of H-pyrrole nitrogens is 1. The van der Waals surface area contributed by atoms with Gasteiger partial charge in [0.25, 0.3) is 0 Å². The van der Waals surface area contributed by atoms with Crippen LogP contribution in [0.4, 0.5) is 0 Å². The van der Waals surface area contributed by atoms with Crippen LogP contribution in [0.5, 0.6) is 0 Å². The van der Waals surface area contributed by atoms with Gasteiger partial charge in [0.05, 0.1) is 6.42 Å². The number of likely N-dealkylation sites (N-methyl/N-ethyl adjacent to an activating group) is 1. The molecule has 130 valence electrons. The number of aromatic nitrogens is 1. The summed E-state index contributed by atoms with van der Waals surface area (Å²) < 4.78 is 0. The highest BCUT2D eigenvalue weighted by atomic mass is 16.1. The Kier molecular flexibility index (Phi) is 8.62. The van der Waals surface area contributed by atoms with Gasteiger partial charge in [0, 0.05) is 30.9 Å². The molecule has 0 saturated carbocycles. The summed E-state index contributed by atoms with van der Waals surface area (Å²) in [6.45, 7) is 12.0. The minimum Gasteiger partial charge on any atom is -0.361 e. The molecule has 1 rings (SSSR count). The maximum Gasteiger partial charge on any atom is 0.225 e. The van der Waals surface area contributed by atoms with E-state index in [-0.39, 0.29) is 5.91 Å². The largest absolute Gasteiger partial charge is 0.361 e. The van der Waals surface area contributed by atoms with Gasteiger partial charge in [-0.25, -0.2) is 0 Å². The molecule has 1 aromatic heterocycles. The van der Waals surface area contributed by atoms with Crippen molar-refractivity contribution in [2.75, 3.05) is 26.2 Å². The van der Waals surface area contributed by atoms with Crippen LogP contribution in [0.15, 0.2) is 0 Å². The van der Waals surface area contributed by atoms with Crippen molar-refractivity contribution in [3.63, 3.8) is 0 Å². The van der Waals surface area contributed by atoms with Crippen molar-refractivity contribution in [1.82, 2.24) is 15.2 Å². The number of amides is 1. The highest BCUT2D eigenvalue weighted by Crippen LogP contribution is 2.17. The van der Waals surface area contributed by atoms with Gasteiger partial charge in [0.1, 0.15) is 6.29 Å². The number of nitrogens with zero attached hydrogens (tertiary/aromatic N) is 1. The number of nitrogens with one attached hydrogen (secondary N) is 2. The summed E-state index contributed by atoms with van der Waals surface area (Å²) in [5, 5.41) is 2.99. The van der Waals surface area contributed by atoms with E-state index < -0.39 is 0 Å². The summed E-state index contributed by atoms with van der Waals surface area (Å²) in [4.78, 5) is 28.4. The molecule has 0 atom stereocenters. The number of rotatable bonds is 11. The molecule has 1 heterocycles. The number of aldehydes is 1. The number of unbranched alkanes of at least 4 members (excludes halogenated alkanes) is 1. The number of aromatic amines is 1. The van der Waals surface area contributed by atoms with Gasteiger partial charge >= 0.3 is 0 Å². The molecule has 5 heteroatoms. The van der Waals surface area contributed by atoms with Crippen LogP contribution in [-0.4, -0.2) is 48.3 Å². The second-order valence-electron chi connectivity index (χ2n) is 6.02. The van der Waals surface area contributed by atoms with E-state index in [2.05, 4.69) is 29.0 Å². The lowest BCUT2D eigenvalue weighted by atomic mass is 10.1. The summed E-state index contributed by atoms with van der Waals surface area (Å²) in [5.74, 6) is 0.0264. The Bertz CT molecular complexity index is 509. The molecule has 23 heavy (non-hydrogen) atoms. The van der Waals surface area contributed by atoms with E-state index in [0.717, 1.165) is 48.4 Å². The predicted molar refractivity (Wildman–Crippen MR) is 93.8 cm³/mol. The standard InChI is InChI=1S/C18H31N3O2/c1-5-7-10-21(6-2)11-9-19-18(23)13-17-15(4)14(3)16(20-17)8-12-22/h12,20H,5-11,13H2,1-4H3,(H,19,23). The van der Waals surface area contributed by atoms with E-state index in [9.17, 15) is 9.59 Å². The average molecular weight is 321 g/mol. The highest BCUT2D eigenvalue weighted by molar-refractivity contribution is 5.78. The maximum absolute atomic E-state index is 12.1. The molecule has 0 aliphatic carbocycles. The Hall–Kier alpha value is -1.62. The van der Waals surface area contributed by atoms with Crippen molar-refractivity contribution < 1.29 is 9.59 Å². The quantitative estimate of drug-likeness (QED) is 0.614. The maximum atomic E-state index is 12.1. The third-order valence-corrected chi connectivity index (χ3v) is 4.42. The van der Waals surface area contributed by atoms with Crippen molar-refractivity contribution in [1.29, 1.82) is 0 Å². The smallest absolute Gasteiger partial charge is 0.225 e. The van der Waals surface area contributed by atoms with Crippen LogP contribution in [0.25, 0.3) is 0 Å². The molecule has 5 nitrogen and oxygen atoms in total. The fourth-order valence-electron chi connectivity index (χ4n) is 2.67. The van der Waals surface area contributed by atoms with Crippen LogP contribution in [0, 0.1) is 13.8 Å². The molecule has 0 spiro atoms. The van der Waals surface area contributed by atoms with E-state index >= 15 is 0 Å². The normalized spacial score (nSPS) is 11.0. The third kappa shape index (κ3) is 6.18. The molecular formula is C18H31N3O2. The van der Waals surface area contributed by atoms with Gasteiger partial charge in [-0.1, -0.05) is 20.3 Å². The summed E-state index contributed by atoms with van der Waals surface area (Å²) in [5.41, 5.74) is 3.99. The lowest BCUT2D eigenvalue weighted by molar-refractivity contribution is -0.120. The average Bonchev–Trinajstić information content (AvgIpc) is 2.79. The van der Waals surface area contributed by atoms with Gasteiger partial charge < -0.3 is 20.0 Å². The molecule has 1 aromatic rings. The SMILES string of the molecule is CCCCN(CC)CCNC(=O)Cc1[nH]c(CC=O)c(C)c1C. The first kappa shape index (κ1) is 19.4. The van der Waals surface area contributed by atoms with E-state index in [1.165, 1.54) is 12.8 Å². The zero-order chi connectivity index (χ0) is 17.2. The second kappa shape index (κ2) is 10.2. The van der Waals surface area contributed by atoms with Crippen LogP contribution in [0.2, 0.25) is 0 Å². The van der Waals surface area contributed by atoms with Crippen molar-refractivity contribution in [3.8, 4) is 0 Å². The van der Waals surface area contributed by atoms with Gasteiger partial charge in [0.2, 0.25) is 5.91 Å². The Morgan fingerprint density at radius 2 is 1.87 bits per heavy atom. The van der Waals surface area contributed by atoms with Crippen LogP contribution in [0.3, 0.4) is 0 Å². The summed E-state index contributed by atoms with van der Waals surface area (Å²) in [6, 6.07) is 0. The van der Waals surface area contributed by atoms with Crippen LogP contribution < -0.4 is 5.32 Å². The van der Waals surface area contributed by atoms with Gasteiger partial charge in [-0.2, -0.15) is 0 Å². The molecule has 2 N–H and O–H groups in total. The van der Waals surface area contributed by atoms with Crippen molar-refractivity contribution in [2.24, 2.45) is 0 Å². The predicted octanol–water partition coefficient (Wildman–Crippen LogP) is 2.15. The molecule has 0 bridgehead atoms. The molecular weight excluding hydrogens is 290 g/mol. The first-order valence-corrected chi connectivity index (χ1v) is 8.63. The van der Waals surface area contributed by atoms with Crippen molar-refractivity contribution in [3.05, 3.63) is 22.5 Å². The van der Waals surface area contributed by atoms with E-state index in [4.69, 9.17) is 0 Å². The first-order valence-electron chi connectivity index (χ1n) is 8.63.